The number of benzene rings is 1. The molecule has 1 aromatic carbocycles. The summed E-state index contributed by atoms with van der Waals surface area (Å²) < 4.78 is 0. The molecule has 98 valence electrons. The number of carbonyl (C=O) groups is 1. The van der Waals surface area contributed by atoms with Gasteiger partial charge in [-0.2, -0.15) is 0 Å². The van der Waals surface area contributed by atoms with Crippen LogP contribution in [0.2, 0.25) is 0 Å². The largest absolute Gasteiger partial charge is 0.358 e. The molecule has 0 radical (unpaired) electrons. The number of carbonyl (C=O) groups excluding carboxylic acids is 1. The average molecular weight is 246 g/mol. The molecule has 3 nitrogen and oxygen atoms in total. The molecule has 1 aliphatic heterocycles. The van der Waals surface area contributed by atoms with Crippen molar-refractivity contribution in [3.05, 3.63) is 34.9 Å². The summed E-state index contributed by atoms with van der Waals surface area (Å²) in [6, 6.07) is 6.61. The molecule has 0 spiro atoms. The van der Waals surface area contributed by atoms with Gasteiger partial charge in [-0.1, -0.05) is 18.2 Å². The lowest BCUT2D eigenvalue weighted by Gasteiger charge is -2.29. The first-order valence-corrected chi connectivity index (χ1v) is 6.64. The molecule has 0 saturated carbocycles. The molecule has 2 unspecified atom stereocenters. The van der Waals surface area contributed by atoms with Gasteiger partial charge < -0.3 is 10.6 Å². The first-order chi connectivity index (χ1) is 8.61. The molecule has 3 heteroatoms. The Bertz CT molecular complexity index is 442. The molecule has 0 bridgehead atoms. The Hall–Kier alpha value is -1.35. The van der Waals surface area contributed by atoms with E-state index >= 15 is 0 Å². The van der Waals surface area contributed by atoms with Gasteiger partial charge >= 0.3 is 0 Å². The Morgan fingerprint density at radius 2 is 2.11 bits per heavy atom. The van der Waals surface area contributed by atoms with Gasteiger partial charge in [0.1, 0.15) is 0 Å². The molecule has 2 N–H and O–H groups in total. The molecule has 18 heavy (non-hydrogen) atoms. The monoisotopic (exact) mass is 246 g/mol. The molecule has 2 atom stereocenters. The second-order valence-corrected chi connectivity index (χ2v) is 5.19. The number of aryl methyl sites for hydroxylation is 2. The fraction of sp³-hybridized carbons (Fsp3) is 0.533. The number of amides is 1. The van der Waals surface area contributed by atoms with Crippen LogP contribution in [0.4, 0.5) is 0 Å². The molecule has 1 fully saturated rings. The van der Waals surface area contributed by atoms with E-state index in [4.69, 9.17) is 0 Å². The van der Waals surface area contributed by atoms with Crippen LogP contribution in [-0.2, 0) is 4.79 Å². The quantitative estimate of drug-likeness (QED) is 0.836. The Morgan fingerprint density at radius 3 is 2.78 bits per heavy atom. The van der Waals surface area contributed by atoms with Crippen LogP contribution in [0.15, 0.2) is 18.2 Å². The fourth-order valence-electron chi connectivity index (χ4n) is 2.61. The minimum absolute atomic E-state index is 0.0460. The number of piperidine rings is 1. The lowest BCUT2D eigenvalue weighted by molar-refractivity contribution is -0.123. The highest BCUT2D eigenvalue weighted by molar-refractivity contribution is 5.81. The second-order valence-electron chi connectivity index (χ2n) is 5.19. The molecule has 1 heterocycles. The number of nitrogens with one attached hydrogen (secondary N) is 2. The Morgan fingerprint density at radius 1 is 1.33 bits per heavy atom. The highest BCUT2D eigenvalue weighted by Gasteiger charge is 2.27. The van der Waals surface area contributed by atoms with Crippen LogP contribution in [0.5, 0.6) is 0 Å². The fourth-order valence-corrected chi connectivity index (χ4v) is 2.61. The molecule has 2 rings (SSSR count). The first kappa shape index (κ1) is 13.1. The molecule has 0 aromatic heterocycles. The zero-order valence-corrected chi connectivity index (χ0v) is 11.4. The minimum Gasteiger partial charge on any atom is -0.358 e. The molecular formula is C15H22N2O. The molecular weight excluding hydrogens is 224 g/mol. The number of hydrogen-bond donors (Lipinski definition) is 2. The number of likely N-dealkylation sites (N-methyl/N-ethyl adjacent to an activating group) is 1. The van der Waals surface area contributed by atoms with E-state index < -0.39 is 0 Å². The summed E-state index contributed by atoms with van der Waals surface area (Å²) in [6.07, 6.45) is 2.00. The van der Waals surface area contributed by atoms with Gasteiger partial charge in [0.2, 0.25) is 5.91 Å². The summed E-state index contributed by atoms with van der Waals surface area (Å²) >= 11 is 0. The van der Waals surface area contributed by atoms with E-state index in [9.17, 15) is 4.79 Å². The van der Waals surface area contributed by atoms with Crippen molar-refractivity contribution >= 4 is 5.91 Å². The van der Waals surface area contributed by atoms with Crippen molar-refractivity contribution in [1.82, 2.24) is 10.6 Å². The summed E-state index contributed by atoms with van der Waals surface area (Å²) in [6.45, 7) is 5.20. The van der Waals surface area contributed by atoms with Crippen LogP contribution >= 0.6 is 0 Å². The maximum absolute atomic E-state index is 11.7. The highest BCUT2D eigenvalue weighted by Crippen LogP contribution is 2.29. The Balaban J connectivity index is 2.13. The van der Waals surface area contributed by atoms with Gasteiger partial charge in [-0.05, 0) is 55.8 Å². The SMILES string of the molecule is CNC(=O)C1CC(c2ccc(C)c(C)c2)CCN1. The summed E-state index contributed by atoms with van der Waals surface area (Å²) in [7, 11) is 1.70. The normalized spacial score (nSPS) is 23.7. The standard InChI is InChI=1S/C15H22N2O/c1-10-4-5-12(8-11(10)2)13-6-7-17-14(9-13)15(18)16-3/h4-5,8,13-14,17H,6-7,9H2,1-3H3,(H,16,18). The van der Waals surface area contributed by atoms with Crippen LogP contribution < -0.4 is 10.6 Å². The lowest BCUT2D eigenvalue weighted by Crippen LogP contribution is -2.47. The summed E-state index contributed by atoms with van der Waals surface area (Å²) in [4.78, 5) is 11.7. The van der Waals surface area contributed by atoms with Crippen LogP contribution in [-0.4, -0.2) is 25.5 Å². The molecule has 0 aliphatic carbocycles. The van der Waals surface area contributed by atoms with Crippen LogP contribution in [0.3, 0.4) is 0 Å². The average Bonchev–Trinajstić information content (AvgIpc) is 2.41. The van der Waals surface area contributed by atoms with Gasteiger partial charge in [0.05, 0.1) is 6.04 Å². The molecule has 1 amide bonds. The second kappa shape index (κ2) is 5.53. The van der Waals surface area contributed by atoms with Gasteiger partial charge in [0.15, 0.2) is 0 Å². The third-order valence-corrected chi connectivity index (χ3v) is 3.97. The zero-order valence-electron chi connectivity index (χ0n) is 11.4. The van der Waals surface area contributed by atoms with Gasteiger partial charge in [0.25, 0.3) is 0 Å². The van der Waals surface area contributed by atoms with Crippen LogP contribution in [0.1, 0.15) is 35.4 Å². The van der Waals surface area contributed by atoms with Crippen molar-refractivity contribution in [3.63, 3.8) is 0 Å². The van der Waals surface area contributed by atoms with E-state index in [1.807, 2.05) is 0 Å². The van der Waals surface area contributed by atoms with E-state index in [1.54, 1.807) is 7.05 Å². The summed E-state index contributed by atoms with van der Waals surface area (Å²) in [5.74, 6) is 0.594. The van der Waals surface area contributed by atoms with Crippen molar-refractivity contribution in [2.45, 2.75) is 38.6 Å². The summed E-state index contributed by atoms with van der Waals surface area (Å²) in [5, 5.41) is 6.01. The van der Waals surface area contributed by atoms with Crippen LogP contribution in [0, 0.1) is 13.8 Å². The van der Waals surface area contributed by atoms with Crippen molar-refractivity contribution in [2.75, 3.05) is 13.6 Å². The van der Waals surface area contributed by atoms with Crippen molar-refractivity contribution in [3.8, 4) is 0 Å². The summed E-state index contributed by atoms with van der Waals surface area (Å²) in [5.41, 5.74) is 4.03. The number of hydrogen-bond acceptors (Lipinski definition) is 2. The minimum atomic E-state index is -0.0460. The third-order valence-electron chi connectivity index (χ3n) is 3.97. The maximum Gasteiger partial charge on any atom is 0.236 e. The Kier molecular flexibility index (Phi) is 4.02. The van der Waals surface area contributed by atoms with E-state index in [0.29, 0.717) is 5.92 Å². The first-order valence-electron chi connectivity index (χ1n) is 6.64. The highest BCUT2D eigenvalue weighted by atomic mass is 16.2. The maximum atomic E-state index is 11.7. The third kappa shape index (κ3) is 2.72. The van der Waals surface area contributed by atoms with E-state index in [2.05, 4.69) is 42.7 Å². The number of rotatable bonds is 2. The molecule has 1 aromatic rings. The predicted molar refractivity (Wildman–Crippen MR) is 73.7 cm³/mol. The lowest BCUT2D eigenvalue weighted by atomic mass is 9.85. The van der Waals surface area contributed by atoms with Crippen LogP contribution in [0.25, 0.3) is 0 Å². The smallest absolute Gasteiger partial charge is 0.236 e. The van der Waals surface area contributed by atoms with Gasteiger partial charge in [-0.15, -0.1) is 0 Å². The van der Waals surface area contributed by atoms with Crippen molar-refractivity contribution in [1.29, 1.82) is 0 Å². The zero-order chi connectivity index (χ0) is 13.1. The van der Waals surface area contributed by atoms with E-state index in [0.717, 1.165) is 19.4 Å². The van der Waals surface area contributed by atoms with E-state index in [1.165, 1.54) is 16.7 Å². The van der Waals surface area contributed by atoms with E-state index in [-0.39, 0.29) is 11.9 Å². The van der Waals surface area contributed by atoms with Crippen molar-refractivity contribution < 1.29 is 4.79 Å². The van der Waals surface area contributed by atoms with Gasteiger partial charge in [-0.3, -0.25) is 4.79 Å². The predicted octanol–water partition coefficient (Wildman–Crippen LogP) is 1.89. The van der Waals surface area contributed by atoms with Gasteiger partial charge in [-0.25, -0.2) is 0 Å². The molecule has 1 aliphatic rings. The Labute approximate surface area is 109 Å². The molecule has 1 saturated heterocycles. The van der Waals surface area contributed by atoms with Crippen molar-refractivity contribution in [2.24, 2.45) is 0 Å². The van der Waals surface area contributed by atoms with Gasteiger partial charge in [0, 0.05) is 7.05 Å². The topological polar surface area (TPSA) is 41.1 Å².